The van der Waals surface area contributed by atoms with E-state index in [1.807, 2.05) is 36.4 Å². The third-order valence-corrected chi connectivity index (χ3v) is 5.23. The van der Waals surface area contributed by atoms with Crippen LogP contribution in [0.1, 0.15) is 16.1 Å². The standard InChI is InChI=1S/C23H22N6O2/c30-23(27-20-8-1-5-17(25-20)15-29-10-12-31-13-11-29)18-6-2-7-19-21(18)28-22(26-19)16-4-3-9-24-14-16/h1-9,14H,10-13,15H2,(H,26,28)(H,25,27,30). The van der Waals surface area contributed by atoms with Gasteiger partial charge in [-0.1, -0.05) is 12.1 Å². The van der Waals surface area contributed by atoms with Crippen molar-refractivity contribution in [2.45, 2.75) is 6.54 Å². The highest BCUT2D eigenvalue weighted by molar-refractivity contribution is 6.11. The first kappa shape index (κ1) is 19.3. The number of fused-ring (bicyclic) bond motifs is 1. The van der Waals surface area contributed by atoms with E-state index in [0.717, 1.165) is 49.6 Å². The van der Waals surface area contributed by atoms with Gasteiger partial charge in [0, 0.05) is 37.6 Å². The van der Waals surface area contributed by atoms with E-state index in [1.54, 1.807) is 24.5 Å². The van der Waals surface area contributed by atoms with Gasteiger partial charge in [0.15, 0.2) is 0 Å². The van der Waals surface area contributed by atoms with E-state index in [0.29, 0.717) is 22.7 Å². The molecule has 8 nitrogen and oxygen atoms in total. The third-order valence-electron chi connectivity index (χ3n) is 5.23. The van der Waals surface area contributed by atoms with E-state index in [4.69, 9.17) is 4.74 Å². The van der Waals surface area contributed by atoms with E-state index < -0.39 is 0 Å². The molecule has 0 spiro atoms. The summed E-state index contributed by atoms with van der Waals surface area (Å²) in [7, 11) is 0. The molecule has 3 aromatic heterocycles. The minimum absolute atomic E-state index is 0.245. The normalized spacial score (nSPS) is 14.6. The lowest BCUT2D eigenvalue weighted by atomic mass is 10.1. The van der Waals surface area contributed by atoms with Crippen molar-refractivity contribution in [2.24, 2.45) is 0 Å². The Labute approximate surface area is 179 Å². The zero-order valence-corrected chi connectivity index (χ0v) is 16.9. The lowest BCUT2D eigenvalue weighted by molar-refractivity contribution is 0.0337. The molecular formula is C23H22N6O2. The maximum atomic E-state index is 13.0. The Bertz CT molecular complexity index is 1200. The second-order valence-electron chi connectivity index (χ2n) is 7.39. The first-order chi connectivity index (χ1) is 15.3. The first-order valence-corrected chi connectivity index (χ1v) is 10.2. The maximum absolute atomic E-state index is 13.0. The first-order valence-electron chi connectivity index (χ1n) is 10.2. The van der Waals surface area contributed by atoms with Crippen LogP contribution < -0.4 is 5.32 Å². The van der Waals surface area contributed by atoms with Gasteiger partial charge in [-0.15, -0.1) is 0 Å². The van der Waals surface area contributed by atoms with Gasteiger partial charge in [-0.05, 0) is 36.4 Å². The molecule has 1 saturated heterocycles. The summed E-state index contributed by atoms with van der Waals surface area (Å²) in [5, 5.41) is 2.92. The van der Waals surface area contributed by atoms with E-state index in [1.165, 1.54) is 0 Å². The smallest absolute Gasteiger partial charge is 0.259 e. The fourth-order valence-electron chi connectivity index (χ4n) is 3.66. The molecule has 0 atom stereocenters. The van der Waals surface area contributed by atoms with Gasteiger partial charge in [0.05, 0.1) is 30.0 Å². The number of morpholine rings is 1. The Hall–Kier alpha value is -3.62. The molecule has 1 aromatic carbocycles. The number of carbonyl (C=O) groups excluding carboxylic acids is 1. The Morgan fingerprint density at radius 1 is 1.06 bits per heavy atom. The molecule has 0 aliphatic carbocycles. The molecule has 0 saturated carbocycles. The molecule has 1 aliphatic rings. The Morgan fingerprint density at radius 2 is 1.94 bits per heavy atom. The van der Waals surface area contributed by atoms with E-state index >= 15 is 0 Å². The number of nitrogens with zero attached hydrogens (tertiary/aromatic N) is 4. The average Bonchev–Trinajstić information content (AvgIpc) is 3.25. The highest BCUT2D eigenvalue weighted by atomic mass is 16.5. The summed E-state index contributed by atoms with van der Waals surface area (Å²) < 4.78 is 5.40. The van der Waals surface area contributed by atoms with Crippen molar-refractivity contribution in [1.29, 1.82) is 0 Å². The van der Waals surface area contributed by atoms with Crippen molar-refractivity contribution in [3.8, 4) is 11.4 Å². The molecule has 1 aliphatic heterocycles. The van der Waals surface area contributed by atoms with Crippen molar-refractivity contribution in [1.82, 2.24) is 24.8 Å². The summed E-state index contributed by atoms with van der Waals surface area (Å²) in [6.45, 7) is 3.99. The Balaban J connectivity index is 1.37. The van der Waals surface area contributed by atoms with Crippen molar-refractivity contribution in [2.75, 3.05) is 31.6 Å². The molecule has 2 N–H and O–H groups in total. The largest absolute Gasteiger partial charge is 0.379 e. The van der Waals surface area contributed by atoms with Gasteiger partial charge in [-0.25, -0.2) is 9.97 Å². The summed E-state index contributed by atoms with van der Waals surface area (Å²) in [5.74, 6) is 0.954. The molecule has 0 radical (unpaired) electrons. The molecule has 0 unspecified atom stereocenters. The van der Waals surface area contributed by atoms with Crippen molar-refractivity contribution >= 4 is 22.8 Å². The van der Waals surface area contributed by atoms with E-state index in [-0.39, 0.29) is 5.91 Å². The summed E-state index contributed by atoms with van der Waals surface area (Å²) in [6, 6.07) is 15.0. The highest BCUT2D eigenvalue weighted by Crippen LogP contribution is 2.23. The Kier molecular flexibility index (Phi) is 5.39. The number of aromatic amines is 1. The number of rotatable bonds is 5. The molecule has 4 heterocycles. The van der Waals surface area contributed by atoms with Crippen LogP contribution in [0.5, 0.6) is 0 Å². The molecule has 4 aromatic rings. The average molecular weight is 414 g/mol. The number of benzene rings is 1. The van der Waals surface area contributed by atoms with Gasteiger partial charge in [0.2, 0.25) is 0 Å². The van der Waals surface area contributed by atoms with Gasteiger partial charge < -0.3 is 15.0 Å². The fraction of sp³-hybridized carbons (Fsp3) is 0.217. The Morgan fingerprint density at radius 3 is 2.77 bits per heavy atom. The lowest BCUT2D eigenvalue weighted by Gasteiger charge is -2.26. The van der Waals surface area contributed by atoms with Gasteiger partial charge in [-0.2, -0.15) is 0 Å². The SMILES string of the molecule is O=C(Nc1cccc(CN2CCOCC2)n1)c1cccc2[nH]c(-c3cccnc3)nc12. The number of hydrogen-bond acceptors (Lipinski definition) is 6. The minimum atomic E-state index is -0.245. The molecule has 31 heavy (non-hydrogen) atoms. The van der Waals surface area contributed by atoms with Gasteiger partial charge in [0.1, 0.15) is 17.2 Å². The summed E-state index contributed by atoms with van der Waals surface area (Å²) in [5.41, 5.74) is 3.67. The predicted molar refractivity (Wildman–Crippen MR) is 118 cm³/mol. The number of nitrogens with one attached hydrogen (secondary N) is 2. The number of carbonyl (C=O) groups is 1. The second kappa shape index (κ2) is 8.63. The fourth-order valence-corrected chi connectivity index (χ4v) is 3.66. The third kappa shape index (κ3) is 4.30. The summed E-state index contributed by atoms with van der Waals surface area (Å²) >= 11 is 0. The van der Waals surface area contributed by atoms with Gasteiger partial charge >= 0.3 is 0 Å². The van der Waals surface area contributed by atoms with Crippen molar-refractivity contribution < 1.29 is 9.53 Å². The summed E-state index contributed by atoms with van der Waals surface area (Å²) in [6.07, 6.45) is 3.45. The molecule has 156 valence electrons. The molecule has 1 amide bonds. The number of para-hydroxylation sites is 1. The van der Waals surface area contributed by atoms with Crippen LogP contribution in [-0.2, 0) is 11.3 Å². The second-order valence-corrected chi connectivity index (χ2v) is 7.39. The topological polar surface area (TPSA) is 96.0 Å². The van der Waals surface area contributed by atoms with Crippen LogP contribution >= 0.6 is 0 Å². The predicted octanol–water partition coefficient (Wildman–Crippen LogP) is 3.10. The number of hydrogen-bond donors (Lipinski definition) is 2. The number of pyridine rings is 2. The number of imidazole rings is 1. The van der Waals surface area contributed by atoms with Crippen LogP contribution in [0.15, 0.2) is 60.9 Å². The number of aromatic nitrogens is 4. The molecule has 8 heteroatoms. The molecule has 1 fully saturated rings. The van der Waals surface area contributed by atoms with Crippen LogP contribution in [0.3, 0.4) is 0 Å². The molecule has 0 bridgehead atoms. The van der Waals surface area contributed by atoms with Crippen LogP contribution in [0.25, 0.3) is 22.4 Å². The van der Waals surface area contributed by atoms with Crippen LogP contribution in [-0.4, -0.2) is 57.0 Å². The maximum Gasteiger partial charge on any atom is 0.259 e. The van der Waals surface area contributed by atoms with Crippen LogP contribution in [0, 0.1) is 0 Å². The number of ether oxygens (including phenoxy) is 1. The molecule has 5 rings (SSSR count). The zero-order chi connectivity index (χ0) is 21.0. The van der Waals surface area contributed by atoms with Gasteiger partial charge in [-0.3, -0.25) is 14.7 Å². The van der Waals surface area contributed by atoms with Crippen molar-refractivity contribution in [3.05, 3.63) is 72.2 Å². The molecular weight excluding hydrogens is 392 g/mol. The van der Waals surface area contributed by atoms with E-state index in [9.17, 15) is 4.79 Å². The number of amides is 1. The lowest BCUT2D eigenvalue weighted by Crippen LogP contribution is -2.35. The van der Waals surface area contributed by atoms with Crippen molar-refractivity contribution in [3.63, 3.8) is 0 Å². The highest BCUT2D eigenvalue weighted by Gasteiger charge is 2.16. The monoisotopic (exact) mass is 414 g/mol. The summed E-state index contributed by atoms with van der Waals surface area (Å²) in [4.78, 5) is 32.0. The van der Waals surface area contributed by atoms with Crippen LogP contribution in [0.2, 0.25) is 0 Å². The van der Waals surface area contributed by atoms with Gasteiger partial charge in [0.25, 0.3) is 5.91 Å². The number of anilines is 1. The van der Waals surface area contributed by atoms with Crippen LogP contribution in [0.4, 0.5) is 5.82 Å². The minimum Gasteiger partial charge on any atom is -0.379 e. The van der Waals surface area contributed by atoms with E-state index in [2.05, 4.69) is 30.2 Å². The number of H-pyrrole nitrogens is 1. The zero-order valence-electron chi connectivity index (χ0n) is 16.9. The quantitative estimate of drug-likeness (QED) is 0.521.